The van der Waals surface area contributed by atoms with Gasteiger partial charge in [0.1, 0.15) is 23.0 Å². The van der Waals surface area contributed by atoms with Gasteiger partial charge in [-0.25, -0.2) is 9.59 Å². The quantitative estimate of drug-likeness (QED) is 0.220. The Morgan fingerprint density at radius 1 is 0.526 bits per heavy atom. The van der Waals surface area contributed by atoms with Crippen molar-refractivity contribution in [3.8, 4) is 23.0 Å². The van der Waals surface area contributed by atoms with E-state index < -0.39 is 11.9 Å². The van der Waals surface area contributed by atoms with Crippen molar-refractivity contribution in [2.75, 3.05) is 0 Å². The molecule has 0 atom stereocenters. The van der Waals surface area contributed by atoms with E-state index in [2.05, 4.69) is 0 Å². The van der Waals surface area contributed by atoms with E-state index in [1.807, 2.05) is 48.5 Å². The maximum absolute atomic E-state index is 12.5. The molecular weight excluding hydrogens is 480 g/mol. The van der Waals surface area contributed by atoms with Gasteiger partial charge in [-0.2, -0.15) is 0 Å². The number of hydrogen-bond acceptors (Lipinski definition) is 6. The summed E-state index contributed by atoms with van der Waals surface area (Å²) < 4.78 is 11.1. The maximum atomic E-state index is 12.5. The Kier molecular flexibility index (Phi) is 7.13. The van der Waals surface area contributed by atoms with Crippen molar-refractivity contribution in [2.45, 2.75) is 37.5 Å². The van der Waals surface area contributed by atoms with Crippen LogP contribution in [-0.2, 0) is 5.41 Å². The van der Waals surface area contributed by atoms with Crippen LogP contribution in [0.5, 0.6) is 23.0 Å². The van der Waals surface area contributed by atoms with Gasteiger partial charge in [0, 0.05) is 5.41 Å². The molecule has 0 saturated heterocycles. The van der Waals surface area contributed by atoms with Crippen LogP contribution in [0.15, 0.2) is 97.1 Å². The van der Waals surface area contributed by atoms with E-state index in [-0.39, 0.29) is 16.9 Å². The lowest BCUT2D eigenvalue weighted by Crippen LogP contribution is -2.30. The fourth-order valence-corrected chi connectivity index (χ4v) is 5.11. The lowest BCUT2D eigenvalue weighted by atomic mass is 9.65. The molecule has 192 valence electrons. The van der Waals surface area contributed by atoms with Crippen LogP contribution in [0, 0.1) is 0 Å². The molecule has 1 saturated carbocycles. The van der Waals surface area contributed by atoms with Crippen LogP contribution in [0.1, 0.15) is 63.9 Å². The zero-order valence-corrected chi connectivity index (χ0v) is 20.8. The highest BCUT2D eigenvalue weighted by Crippen LogP contribution is 2.45. The standard InChI is InChI=1S/C32H28O6/c33-26-12-4-22(5-13-26)30(35)37-28-16-8-24(9-17-28)32(20-2-1-3-21-32)25-10-18-29(19-11-25)38-31(36)23-6-14-27(34)15-7-23/h4-19,33-34H,1-3,20-21H2. The molecule has 6 heteroatoms. The Morgan fingerprint density at radius 3 is 1.26 bits per heavy atom. The molecule has 6 nitrogen and oxygen atoms in total. The normalized spacial score (nSPS) is 14.4. The van der Waals surface area contributed by atoms with Gasteiger partial charge < -0.3 is 19.7 Å². The van der Waals surface area contributed by atoms with E-state index in [9.17, 15) is 19.8 Å². The van der Waals surface area contributed by atoms with Gasteiger partial charge >= 0.3 is 11.9 Å². The van der Waals surface area contributed by atoms with Gasteiger partial charge in [-0.3, -0.25) is 0 Å². The lowest BCUT2D eigenvalue weighted by Gasteiger charge is -2.38. The first-order valence-corrected chi connectivity index (χ1v) is 12.7. The van der Waals surface area contributed by atoms with E-state index >= 15 is 0 Å². The van der Waals surface area contributed by atoms with Gasteiger partial charge in [-0.05, 0) is 96.8 Å². The molecule has 0 unspecified atom stereocenters. The van der Waals surface area contributed by atoms with Crippen molar-refractivity contribution in [2.24, 2.45) is 0 Å². The average Bonchev–Trinajstić information content (AvgIpc) is 2.95. The first-order chi connectivity index (χ1) is 18.4. The third kappa shape index (κ3) is 5.39. The summed E-state index contributed by atoms with van der Waals surface area (Å²) in [6.07, 6.45) is 5.38. The van der Waals surface area contributed by atoms with E-state index in [4.69, 9.17) is 9.47 Å². The fourth-order valence-electron chi connectivity index (χ4n) is 5.11. The van der Waals surface area contributed by atoms with Crippen LogP contribution in [0.2, 0.25) is 0 Å². The molecule has 2 N–H and O–H groups in total. The van der Waals surface area contributed by atoms with Crippen molar-refractivity contribution in [1.82, 2.24) is 0 Å². The topological polar surface area (TPSA) is 93.1 Å². The van der Waals surface area contributed by atoms with Gasteiger partial charge in [-0.15, -0.1) is 0 Å². The summed E-state index contributed by atoms with van der Waals surface area (Å²) in [5, 5.41) is 18.9. The van der Waals surface area contributed by atoms with Gasteiger partial charge in [0.15, 0.2) is 0 Å². The molecule has 0 heterocycles. The number of carbonyl (C=O) groups excluding carboxylic acids is 2. The number of carbonyl (C=O) groups is 2. The number of rotatable bonds is 6. The van der Waals surface area contributed by atoms with E-state index in [0.29, 0.717) is 22.6 Å². The molecule has 38 heavy (non-hydrogen) atoms. The molecular formula is C32H28O6. The van der Waals surface area contributed by atoms with Crippen molar-refractivity contribution >= 4 is 11.9 Å². The smallest absolute Gasteiger partial charge is 0.343 e. The number of aromatic hydroxyl groups is 2. The monoisotopic (exact) mass is 508 g/mol. The zero-order chi connectivity index (χ0) is 26.5. The molecule has 4 aromatic carbocycles. The highest BCUT2D eigenvalue weighted by atomic mass is 16.5. The Labute approximate surface area is 221 Å². The fraction of sp³-hybridized carbons (Fsp3) is 0.188. The Hall–Kier alpha value is -4.58. The summed E-state index contributed by atoms with van der Waals surface area (Å²) in [7, 11) is 0. The largest absolute Gasteiger partial charge is 0.508 e. The highest BCUT2D eigenvalue weighted by molar-refractivity contribution is 5.91. The van der Waals surface area contributed by atoms with Crippen molar-refractivity contribution in [3.05, 3.63) is 119 Å². The average molecular weight is 509 g/mol. The van der Waals surface area contributed by atoms with Crippen molar-refractivity contribution in [1.29, 1.82) is 0 Å². The summed E-state index contributed by atoms with van der Waals surface area (Å²) >= 11 is 0. The van der Waals surface area contributed by atoms with Crippen LogP contribution < -0.4 is 9.47 Å². The number of benzene rings is 4. The minimum Gasteiger partial charge on any atom is -0.508 e. The van der Waals surface area contributed by atoms with E-state index in [1.54, 1.807) is 0 Å². The second kappa shape index (κ2) is 10.8. The van der Waals surface area contributed by atoms with Crippen molar-refractivity contribution < 1.29 is 29.3 Å². The van der Waals surface area contributed by atoms with Crippen LogP contribution in [0.4, 0.5) is 0 Å². The Morgan fingerprint density at radius 2 is 0.895 bits per heavy atom. The summed E-state index contributed by atoms with van der Waals surface area (Å²) in [5.41, 5.74) is 2.84. The number of phenolic OH excluding ortho intramolecular Hbond substituents is 2. The minimum absolute atomic E-state index is 0.0900. The second-order valence-corrected chi connectivity index (χ2v) is 9.56. The number of hydrogen-bond donors (Lipinski definition) is 2. The molecule has 1 aliphatic rings. The molecule has 0 amide bonds. The summed E-state index contributed by atoms with van der Waals surface area (Å²) in [5.74, 6) is 0.119. The SMILES string of the molecule is O=C(Oc1ccc(C2(c3ccc(OC(=O)c4ccc(O)cc4)cc3)CCCCC2)cc1)c1ccc(O)cc1. The molecule has 0 aliphatic heterocycles. The van der Waals surface area contributed by atoms with Crippen LogP contribution in [0.25, 0.3) is 0 Å². The Bertz CT molecular complexity index is 1290. The predicted octanol–water partition coefficient (Wildman–Crippen LogP) is 6.79. The summed E-state index contributed by atoms with van der Waals surface area (Å²) in [6.45, 7) is 0. The second-order valence-electron chi connectivity index (χ2n) is 9.56. The molecule has 1 fully saturated rings. The predicted molar refractivity (Wildman–Crippen MR) is 143 cm³/mol. The molecule has 5 rings (SSSR count). The minimum atomic E-state index is -0.484. The Balaban J connectivity index is 1.33. The first kappa shape index (κ1) is 25.1. The molecule has 0 bridgehead atoms. The van der Waals surface area contributed by atoms with Gasteiger partial charge in [-0.1, -0.05) is 43.5 Å². The van der Waals surface area contributed by atoms with Gasteiger partial charge in [0.2, 0.25) is 0 Å². The van der Waals surface area contributed by atoms with Crippen molar-refractivity contribution in [3.63, 3.8) is 0 Å². The number of phenols is 2. The van der Waals surface area contributed by atoms with Crippen LogP contribution in [-0.4, -0.2) is 22.2 Å². The third-order valence-corrected chi connectivity index (χ3v) is 7.15. The molecule has 0 aromatic heterocycles. The van der Waals surface area contributed by atoms with Crippen LogP contribution >= 0.6 is 0 Å². The summed E-state index contributed by atoms with van der Waals surface area (Å²) in [4.78, 5) is 24.9. The number of esters is 2. The molecule has 1 aliphatic carbocycles. The van der Waals surface area contributed by atoms with E-state index in [0.717, 1.165) is 36.8 Å². The van der Waals surface area contributed by atoms with Gasteiger partial charge in [0.25, 0.3) is 0 Å². The highest BCUT2D eigenvalue weighted by Gasteiger charge is 2.35. The molecule has 4 aromatic rings. The molecule has 0 radical (unpaired) electrons. The molecule has 0 spiro atoms. The maximum Gasteiger partial charge on any atom is 0.343 e. The van der Waals surface area contributed by atoms with Gasteiger partial charge in [0.05, 0.1) is 11.1 Å². The summed E-state index contributed by atoms with van der Waals surface area (Å²) in [6, 6.07) is 27.2. The lowest BCUT2D eigenvalue weighted by molar-refractivity contribution is 0.0725. The van der Waals surface area contributed by atoms with Crippen LogP contribution in [0.3, 0.4) is 0 Å². The number of ether oxygens (including phenoxy) is 2. The third-order valence-electron chi connectivity index (χ3n) is 7.15. The van der Waals surface area contributed by atoms with E-state index in [1.165, 1.54) is 55.0 Å². The zero-order valence-electron chi connectivity index (χ0n) is 20.8. The first-order valence-electron chi connectivity index (χ1n) is 12.7.